The molecule has 0 atom stereocenters. The van der Waals surface area contributed by atoms with E-state index in [1.807, 2.05) is 0 Å². The predicted molar refractivity (Wildman–Crippen MR) is 146 cm³/mol. The minimum absolute atomic E-state index is 1.27. The highest BCUT2D eigenvalue weighted by molar-refractivity contribution is 6.28. The van der Waals surface area contributed by atoms with Crippen LogP contribution in [0.2, 0.25) is 0 Å². The van der Waals surface area contributed by atoms with Crippen molar-refractivity contribution in [1.29, 1.82) is 0 Å². The zero-order valence-electron chi connectivity index (χ0n) is 18.5. The monoisotopic (exact) mass is 428 g/mol. The fourth-order valence-corrected chi connectivity index (χ4v) is 5.96. The lowest BCUT2D eigenvalue weighted by Gasteiger charge is -2.14. The largest absolute Gasteiger partial charge is 0.0616 e. The fourth-order valence-electron chi connectivity index (χ4n) is 5.96. The second kappa shape index (κ2) is 6.56. The van der Waals surface area contributed by atoms with Crippen LogP contribution in [-0.4, -0.2) is 0 Å². The van der Waals surface area contributed by atoms with Gasteiger partial charge in [0, 0.05) is 0 Å². The maximum absolute atomic E-state index is 2.39. The minimum Gasteiger partial charge on any atom is -0.0616 e. The average Bonchev–Trinajstić information content (AvgIpc) is 3.20. The van der Waals surface area contributed by atoms with Crippen LogP contribution in [0.1, 0.15) is 0 Å². The van der Waals surface area contributed by atoms with Crippen molar-refractivity contribution in [2.24, 2.45) is 0 Å². The highest BCUT2D eigenvalue weighted by Crippen LogP contribution is 2.52. The van der Waals surface area contributed by atoms with Gasteiger partial charge in [0.1, 0.15) is 0 Å². The Labute approximate surface area is 197 Å². The molecular weight excluding hydrogens is 408 g/mol. The SMILES string of the molecule is c1ccc2cc(-c3ccc4c5c(cc6ccccc6c35)-c3cc5ccccc5cc3-4)ccc2c1. The van der Waals surface area contributed by atoms with E-state index in [-0.39, 0.29) is 0 Å². The van der Waals surface area contributed by atoms with Gasteiger partial charge in [0.2, 0.25) is 0 Å². The van der Waals surface area contributed by atoms with E-state index in [0.29, 0.717) is 0 Å². The van der Waals surface area contributed by atoms with E-state index in [2.05, 4.69) is 121 Å². The van der Waals surface area contributed by atoms with Crippen molar-refractivity contribution in [3.8, 4) is 33.4 Å². The smallest absolute Gasteiger partial charge is 0.00137 e. The summed E-state index contributed by atoms with van der Waals surface area (Å²) in [4.78, 5) is 0. The summed E-state index contributed by atoms with van der Waals surface area (Å²) in [6, 6.07) is 44.8. The molecule has 0 aliphatic heterocycles. The van der Waals surface area contributed by atoms with Crippen LogP contribution in [0.5, 0.6) is 0 Å². The fraction of sp³-hybridized carbons (Fsp3) is 0. The van der Waals surface area contributed by atoms with Crippen molar-refractivity contribution < 1.29 is 0 Å². The van der Waals surface area contributed by atoms with Crippen LogP contribution in [0.25, 0.3) is 76.5 Å². The van der Waals surface area contributed by atoms with Crippen molar-refractivity contribution in [1.82, 2.24) is 0 Å². The molecular formula is C34H20. The molecule has 7 aromatic carbocycles. The first-order chi connectivity index (χ1) is 16.8. The van der Waals surface area contributed by atoms with Crippen molar-refractivity contribution in [3.05, 3.63) is 121 Å². The van der Waals surface area contributed by atoms with Gasteiger partial charge in [-0.15, -0.1) is 0 Å². The zero-order chi connectivity index (χ0) is 22.2. The Hall–Kier alpha value is -4.42. The number of hydrogen-bond acceptors (Lipinski definition) is 0. The molecule has 0 aromatic heterocycles. The summed E-state index contributed by atoms with van der Waals surface area (Å²) in [5.41, 5.74) is 7.97. The first-order valence-electron chi connectivity index (χ1n) is 11.9. The first kappa shape index (κ1) is 18.1. The molecule has 1 aliphatic carbocycles. The summed E-state index contributed by atoms with van der Waals surface area (Å²) < 4.78 is 0. The predicted octanol–water partition coefficient (Wildman–Crippen LogP) is 9.61. The molecule has 1 aliphatic rings. The molecule has 0 radical (unpaired) electrons. The van der Waals surface area contributed by atoms with Crippen molar-refractivity contribution >= 4 is 43.1 Å². The number of benzene rings is 7. The third-order valence-corrected chi connectivity index (χ3v) is 7.53. The van der Waals surface area contributed by atoms with Crippen molar-refractivity contribution in [2.45, 2.75) is 0 Å². The van der Waals surface area contributed by atoms with Crippen LogP contribution in [0.4, 0.5) is 0 Å². The Morgan fingerprint density at radius 2 is 0.853 bits per heavy atom. The normalized spacial score (nSPS) is 12.1. The molecule has 0 heteroatoms. The molecule has 0 spiro atoms. The molecule has 0 fully saturated rings. The summed E-state index contributed by atoms with van der Waals surface area (Å²) in [7, 11) is 0. The van der Waals surface area contributed by atoms with E-state index in [0.717, 1.165) is 0 Å². The van der Waals surface area contributed by atoms with E-state index in [4.69, 9.17) is 0 Å². The maximum atomic E-state index is 2.39. The molecule has 0 saturated carbocycles. The second-order valence-corrected chi connectivity index (χ2v) is 9.36. The van der Waals surface area contributed by atoms with Gasteiger partial charge in [0.05, 0.1) is 0 Å². The molecule has 0 amide bonds. The summed E-state index contributed by atoms with van der Waals surface area (Å²) in [6.45, 7) is 0. The highest BCUT2D eigenvalue weighted by Gasteiger charge is 2.25. The van der Waals surface area contributed by atoms with Gasteiger partial charge in [-0.3, -0.25) is 0 Å². The third-order valence-electron chi connectivity index (χ3n) is 7.53. The van der Waals surface area contributed by atoms with E-state index in [9.17, 15) is 0 Å². The van der Waals surface area contributed by atoms with E-state index < -0.39 is 0 Å². The Morgan fingerprint density at radius 3 is 1.62 bits per heavy atom. The molecule has 0 N–H and O–H groups in total. The summed E-state index contributed by atoms with van der Waals surface area (Å²) >= 11 is 0. The van der Waals surface area contributed by atoms with Gasteiger partial charge in [0.25, 0.3) is 0 Å². The van der Waals surface area contributed by atoms with E-state index in [1.165, 1.54) is 76.5 Å². The van der Waals surface area contributed by atoms with Gasteiger partial charge in [-0.05, 0) is 101 Å². The van der Waals surface area contributed by atoms with Gasteiger partial charge in [-0.25, -0.2) is 0 Å². The summed E-state index contributed by atoms with van der Waals surface area (Å²) in [5, 5.41) is 10.5. The second-order valence-electron chi connectivity index (χ2n) is 9.36. The van der Waals surface area contributed by atoms with Crippen LogP contribution in [0, 0.1) is 0 Å². The Bertz CT molecular complexity index is 1960. The molecule has 34 heavy (non-hydrogen) atoms. The highest BCUT2D eigenvalue weighted by atomic mass is 14.3. The molecule has 0 saturated heterocycles. The average molecular weight is 429 g/mol. The van der Waals surface area contributed by atoms with Gasteiger partial charge in [0.15, 0.2) is 0 Å². The van der Waals surface area contributed by atoms with Crippen LogP contribution in [0.15, 0.2) is 121 Å². The quantitative estimate of drug-likeness (QED) is 0.228. The van der Waals surface area contributed by atoms with Crippen LogP contribution < -0.4 is 0 Å². The maximum Gasteiger partial charge on any atom is -0.00137 e. The lowest BCUT2D eigenvalue weighted by Crippen LogP contribution is -1.86. The third kappa shape index (κ3) is 2.37. The first-order valence-corrected chi connectivity index (χ1v) is 11.9. The number of fused-ring (bicyclic) bond motifs is 7. The summed E-state index contributed by atoms with van der Waals surface area (Å²) in [5.74, 6) is 0. The van der Waals surface area contributed by atoms with Crippen molar-refractivity contribution in [2.75, 3.05) is 0 Å². The molecule has 0 unspecified atom stereocenters. The summed E-state index contributed by atoms with van der Waals surface area (Å²) in [6.07, 6.45) is 0. The lowest BCUT2D eigenvalue weighted by atomic mass is 9.89. The topological polar surface area (TPSA) is 0 Å². The Balaban J connectivity index is 1.53. The molecule has 0 nitrogen and oxygen atoms in total. The molecule has 0 bridgehead atoms. The molecule has 8 rings (SSSR count). The van der Waals surface area contributed by atoms with Gasteiger partial charge in [-0.1, -0.05) is 97.1 Å². The number of rotatable bonds is 1. The van der Waals surface area contributed by atoms with Crippen LogP contribution in [0.3, 0.4) is 0 Å². The lowest BCUT2D eigenvalue weighted by molar-refractivity contribution is 1.69. The Kier molecular flexibility index (Phi) is 3.48. The molecule has 0 heterocycles. The van der Waals surface area contributed by atoms with Crippen LogP contribution >= 0.6 is 0 Å². The standard InChI is InChI=1S/C34H20/c1-2-8-22-17-26(14-13-21(22)7-1)28-15-16-29-30-18-23-9-3-4-10-24(23)19-31(30)32-20-25-11-5-6-12-27(25)33(28)34(29)32/h1-20H. The minimum atomic E-state index is 1.27. The van der Waals surface area contributed by atoms with Gasteiger partial charge < -0.3 is 0 Å². The molecule has 7 aromatic rings. The number of hydrogen-bond donors (Lipinski definition) is 0. The Morgan fingerprint density at radius 1 is 0.294 bits per heavy atom. The molecule has 156 valence electrons. The van der Waals surface area contributed by atoms with Gasteiger partial charge >= 0.3 is 0 Å². The zero-order valence-corrected chi connectivity index (χ0v) is 18.5. The van der Waals surface area contributed by atoms with Crippen molar-refractivity contribution in [3.63, 3.8) is 0 Å². The van der Waals surface area contributed by atoms with Gasteiger partial charge in [-0.2, -0.15) is 0 Å². The van der Waals surface area contributed by atoms with Crippen LogP contribution in [-0.2, 0) is 0 Å². The van der Waals surface area contributed by atoms with E-state index in [1.54, 1.807) is 0 Å². The van der Waals surface area contributed by atoms with E-state index >= 15 is 0 Å².